The number of rotatable bonds is 3. The van der Waals surface area contributed by atoms with Crippen molar-refractivity contribution in [3.05, 3.63) is 52.4 Å². The van der Waals surface area contributed by atoms with Crippen LogP contribution in [-0.2, 0) is 30.0 Å². The molecular weight excluding hydrogens is 416 g/mol. The SMILES string of the molecule is CC1=NOC(Cn2c(=NC(=O)c3cccc(C(F)(F)F)c3F)cc(C(C)(C)C)n2C)C1. The second-order valence-corrected chi connectivity index (χ2v) is 8.58. The minimum Gasteiger partial charge on any atom is -0.390 e. The number of halogens is 4. The van der Waals surface area contributed by atoms with Crippen molar-refractivity contribution in [1.82, 2.24) is 9.36 Å². The van der Waals surface area contributed by atoms with Crippen molar-refractivity contribution in [2.75, 3.05) is 0 Å². The van der Waals surface area contributed by atoms with Gasteiger partial charge in [-0.05, 0) is 19.1 Å². The molecule has 6 nitrogen and oxygen atoms in total. The number of carbonyl (C=O) groups is 1. The van der Waals surface area contributed by atoms with Gasteiger partial charge in [0, 0.05) is 30.6 Å². The zero-order valence-corrected chi connectivity index (χ0v) is 17.9. The Labute approximate surface area is 176 Å². The first-order valence-corrected chi connectivity index (χ1v) is 9.70. The van der Waals surface area contributed by atoms with Crippen molar-refractivity contribution >= 4 is 11.6 Å². The number of oxime groups is 1. The smallest absolute Gasteiger partial charge is 0.390 e. The second kappa shape index (κ2) is 7.97. The molecule has 0 radical (unpaired) electrons. The van der Waals surface area contributed by atoms with Crippen LogP contribution in [0.4, 0.5) is 17.6 Å². The van der Waals surface area contributed by atoms with E-state index < -0.39 is 29.0 Å². The van der Waals surface area contributed by atoms with Crippen LogP contribution in [-0.4, -0.2) is 27.1 Å². The summed E-state index contributed by atoms with van der Waals surface area (Å²) in [6, 6.07) is 4.24. The number of hydrogen-bond donors (Lipinski definition) is 0. The third-order valence-corrected chi connectivity index (χ3v) is 5.02. The zero-order valence-electron chi connectivity index (χ0n) is 17.9. The molecule has 0 saturated heterocycles. The van der Waals surface area contributed by atoms with Gasteiger partial charge in [-0.3, -0.25) is 14.2 Å². The van der Waals surface area contributed by atoms with Crippen molar-refractivity contribution < 1.29 is 27.2 Å². The third kappa shape index (κ3) is 4.72. The van der Waals surface area contributed by atoms with Crippen LogP contribution in [0.2, 0.25) is 0 Å². The van der Waals surface area contributed by atoms with Gasteiger partial charge in [0.15, 0.2) is 11.6 Å². The average molecular weight is 440 g/mol. The van der Waals surface area contributed by atoms with E-state index in [1.165, 1.54) is 0 Å². The third-order valence-electron chi connectivity index (χ3n) is 5.02. The molecule has 1 amide bonds. The molecule has 0 saturated carbocycles. The second-order valence-electron chi connectivity index (χ2n) is 8.58. The van der Waals surface area contributed by atoms with Crippen LogP contribution in [0.3, 0.4) is 0 Å². The fourth-order valence-electron chi connectivity index (χ4n) is 3.52. The monoisotopic (exact) mass is 440 g/mol. The van der Waals surface area contributed by atoms with Crippen LogP contribution in [0.5, 0.6) is 0 Å². The highest BCUT2D eigenvalue weighted by molar-refractivity contribution is 5.95. The number of amides is 1. The Morgan fingerprint density at radius 3 is 2.52 bits per heavy atom. The molecule has 0 N–H and O–H groups in total. The van der Waals surface area contributed by atoms with Crippen LogP contribution in [0.25, 0.3) is 0 Å². The molecule has 0 aliphatic carbocycles. The van der Waals surface area contributed by atoms with Crippen molar-refractivity contribution in [2.24, 2.45) is 17.2 Å². The van der Waals surface area contributed by atoms with E-state index in [1.54, 1.807) is 17.8 Å². The molecule has 1 aromatic heterocycles. The highest BCUT2D eigenvalue weighted by Crippen LogP contribution is 2.32. The van der Waals surface area contributed by atoms with Crippen molar-refractivity contribution in [2.45, 2.75) is 58.4 Å². The normalized spacial score (nSPS) is 17.6. The summed E-state index contributed by atoms with van der Waals surface area (Å²) < 4.78 is 57.0. The van der Waals surface area contributed by atoms with Crippen LogP contribution in [0.1, 0.15) is 55.7 Å². The van der Waals surface area contributed by atoms with Crippen molar-refractivity contribution in [3.63, 3.8) is 0 Å². The van der Waals surface area contributed by atoms with E-state index in [9.17, 15) is 22.4 Å². The van der Waals surface area contributed by atoms with Crippen LogP contribution in [0, 0.1) is 5.82 Å². The first-order valence-electron chi connectivity index (χ1n) is 9.70. The van der Waals surface area contributed by atoms with Crippen LogP contribution >= 0.6 is 0 Å². The number of aromatic nitrogens is 2. The van der Waals surface area contributed by atoms with E-state index >= 15 is 0 Å². The molecule has 168 valence electrons. The summed E-state index contributed by atoms with van der Waals surface area (Å²) in [5, 5.41) is 3.92. The average Bonchev–Trinajstić information content (AvgIpc) is 3.18. The molecule has 1 unspecified atom stereocenters. The number of hydrogen-bond acceptors (Lipinski definition) is 3. The Balaban J connectivity index is 2.08. The summed E-state index contributed by atoms with van der Waals surface area (Å²) in [5.41, 5.74) is -0.689. The molecule has 2 heterocycles. The summed E-state index contributed by atoms with van der Waals surface area (Å²) in [7, 11) is 1.79. The number of carbonyl (C=O) groups excluding carboxylic acids is 1. The lowest BCUT2D eigenvalue weighted by Crippen LogP contribution is -2.30. The van der Waals surface area contributed by atoms with Gasteiger partial charge in [-0.15, -0.1) is 0 Å². The lowest BCUT2D eigenvalue weighted by Gasteiger charge is -2.21. The van der Waals surface area contributed by atoms with Gasteiger partial charge < -0.3 is 4.84 Å². The quantitative estimate of drug-likeness (QED) is 0.672. The topological polar surface area (TPSA) is 60.9 Å². The Morgan fingerprint density at radius 1 is 1.29 bits per heavy atom. The standard InChI is InChI=1S/C21H24F4N4O2/c1-12-9-13(31-27-12)11-29-17(10-16(28(29)5)20(2,3)4)26-19(30)14-7-6-8-15(18(14)22)21(23,24)25/h6-8,10,13H,9,11H2,1-5H3. The summed E-state index contributed by atoms with van der Waals surface area (Å²) in [6.45, 7) is 8.07. The molecule has 0 fully saturated rings. The summed E-state index contributed by atoms with van der Waals surface area (Å²) in [5.74, 6) is -2.73. The maximum absolute atomic E-state index is 14.4. The highest BCUT2D eigenvalue weighted by atomic mass is 19.4. The van der Waals surface area contributed by atoms with Gasteiger partial charge in [-0.2, -0.15) is 18.2 Å². The van der Waals surface area contributed by atoms with Crippen LogP contribution in [0.15, 0.2) is 34.4 Å². The van der Waals surface area contributed by atoms with Gasteiger partial charge in [0.1, 0.15) is 5.82 Å². The predicted molar refractivity (Wildman–Crippen MR) is 106 cm³/mol. The zero-order chi connectivity index (χ0) is 23.1. The lowest BCUT2D eigenvalue weighted by atomic mass is 9.92. The van der Waals surface area contributed by atoms with E-state index in [4.69, 9.17) is 4.84 Å². The fraction of sp³-hybridized carbons (Fsp3) is 0.476. The van der Waals surface area contributed by atoms with Crippen LogP contribution < -0.4 is 5.49 Å². The Morgan fingerprint density at radius 2 is 1.97 bits per heavy atom. The molecule has 0 bridgehead atoms. The molecule has 1 aliphatic heterocycles. The van der Waals surface area contributed by atoms with Gasteiger partial charge in [0.05, 0.1) is 23.4 Å². The Hall–Kier alpha value is -2.91. The Bertz CT molecular complexity index is 1100. The lowest BCUT2D eigenvalue weighted by molar-refractivity contribution is -0.140. The van der Waals surface area contributed by atoms with Gasteiger partial charge >= 0.3 is 6.18 Å². The summed E-state index contributed by atoms with van der Waals surface area (Å²) >= 11 is 0. The molecule has 31 heavy (non-hydrogen) atoms. The highest BCUT2D eigenvalue weighted by Gasteiger charge is 2.35. The maximum atomic E-state index is 14.4. The summed E-state index contributed by atoms with van der Waals surface area (Å²) in [6.07, 6.45) is -4.59. The van der Waals surface area contributed by atoms with Gasteiger partial charge in [-0.25, -0.2) is 4.39 Å². The van der Waals surface area contributed by atoms with E-state index in [1.807, 2.05) is 32.4 Å². The minimum atomic E-state index is -4.91. The molecule has 1 aliphatic rings. The fourth-order valence-corrected chi connectivity index (χ4v) is 3.52. The van der Waals surface area contributed by atoms with E-state index in [0.29, 0.717) is 19.0 Å². The number of benzene rings is 1. The van der Waals surface area contributed by atoms with Crippen molar-refractivity contribution in [1.29, 1.82) is 0 Å². The number of alkyl halides is 3. The van der Waals surface area contributed by atoms with Gasteiger partial charge in [-0.1, -0.05) is 32.0 Å². The van der Waals surface area contributed by atoms with Gasteiger partial charge in [0.25, 0.3) is 5.91 Å². The van der Waals surface area contributed by atoms with E-state index in [2.05, 4.69) is 10.1 Å². The first kappa shape index (κ1) is 22.8. The molecular formula is C21H24F4N4O2. The largest absolute Gasteiger partial charge is 0.419 e. The van der Waals surface area contributed by atoms with Gasteiger partial charge in [0.2, 0.25) is 0 Å². The maximum Gasteiger partial charge on any atom is 0.419 e. The molecule has 1 atom stereocenters. The molecule has 2 aromatic rings. The van der Waals surface area contributed by atoms with Crippen molar-refractivity contribution in [3.8, 4) is 0 Å². The molecule has 0 spiro atoms. The molecule has 10 heteroatoms. The van der Waals surface area contributed by atoms with E-state index in [0.717, 1.165) is 23.5 Å². The molecule has 1 aromatic carbocycles. The predicted octanol–water partition coefficient (Wildman–Crippen LogP) is 4.19. The van der Waals surface area contributed by atoms with E-state index in [-0.39, 0.29) is 17.0 Å². The number of nitrogens with zero attached hydrogens (tertiary/aromatic N) is 4. The summed E-state index contributed by atoms with van der Waals surface area (Å²) in [4.78, 5) is 22.0. The first-order chi connectivity index (χ1) is 14.3. The molecule has 3 rings (SSSR count). The Kier molecular flexibility index (Phi) is 5.86. The minimum absolute atomic E-state index is 0.197.